The van der Waals surface area contributed by atoms with Crippen molar-refractivity contribution in [2.75, 3.05) is 0 Å². The first-order chi connectivity index (χ1) is 4.02. The van der Waals surface area contributed by atoms with Gasteiger partial charge in [0.05, 0.1) is 0 Å². The third-order valence-electron chi connectivity index (χ3n) is 0.902. The van der Waals surface area contributed by atoms with Crippen molar-refractivity contribution in [3.05, 3.63) is 11.4 Å². The van der Waals surface area contributed by atoms with Crippen LogP contribution in [0.15, 0.2) is 0 Å². The SMILES string of the molecule is [C-]#[N+]C(CC)P(=O)(O)O. The lowest BCUT2D eigenvalue weighted by Gasteiger charge is -2.02. The second kappa shape index (κ2) is 2.98. The number of hydrogen-bond acceptors (Lipinski definition) is 1. The van der Waals surface area contributed by atoms with Gasteiger partial charge in [0, 0.05) is 6.42 Å². The van der Waals surface area contributed by atoms with Crippen LogP contribution in [0, 0.1) is 6.57 Å². The highest BCUT2D eigenvalue weighted by atomic mass is 31.2. The zero-order valence-electron chi connectivity index (χ0n) is 4.98. The van der Waals surface area contributed by atoms with Crippen LogP contribution < -0.4 is 0 Å². The van der Waals surface area contributed by atoms with Gasteiger partial charge in [0.15, 0.2) is 0 Å². The minimum Gasteiger partial charge on any atom is -0.319 e. The molecule has 1 unspecified atom stereocenters. The monoisotopic (exact) mass is 149 g/mol. The van der Waals surface area contributed by atoms with Crippen molar-refractivity contribution in [1.82, 2.24) is 0 Å². The van der Waals surface area contributed by atoms with Gasteiger partial charge in [-0.1, -0.05) is 6.92 Å². The van der Waals surface area contributed by atoms with Gasteiger partial charge in [-0.05, 0) is 0 Å². The Bertz CT molecular complexity index is 167. The molecule has 4 nitrogen and oxygen atoms in total. The van der Waals surface area contributed by atoms with Crippen LogP contribution in [0.3, 0.4) is 0 Å². The summed E-state index contributed by atoms with van der Waals surface area (Å²) in [5.41, 5.74) is 0. The quantitative estimate of drug-likeness (QED) is 0.451. The molecule has 0 rings (SSSR count). The fourth-order valence-corrected chi connectivity index (χ4v) is 1.03. The molecule has 5 heteroatoms. The van der Waals surface area contributed by atoms with Crippen LogP contribution in [0.4, 0.5) is 0 Å². The Labute approximate surface area is 53.5 Å². The molecule has 0 radical (unpaired) electrons. The van der Waals surface area contributed by atoms with E-state index in [4.69, 9.17) is 16.4 Å². The topological polar surface area (TPSA) is 61.9 Å². The van der Waals surface area contributed by atoms with Gasteiger partial charge in [-0.3, -0.25) is 4.57 Å². The van der Waals surface area contributed by atoms with Crippen molar-refractivity contribution in [2.45, 2.75) is 19.1 Å². The Morgan fingerprint density at radius 2 is 2.22 bits per heavy atom. The molecular formula is C4H8NO3P. The largest absolute Gasteiger partial charge is 0.407 e. The maximum absolute atomic E-state index is 10.3. The summed E-state index contributed by atoms with van der Waals surface area (Å²) in [7, 11) is -4.13. The summed E-state index contributed by atoms with van der Waals surface area (Å²) < 4.78 is 10.3. The van der Waals surface area contributed by atoms with Crippen molar-refractivity contribution in [1.29, 1.82) is 0 Å². The molecule has 0 saturated carbocycles. The maximum atomic E-state index is 10.3. The molecule has 0 amide bonds. The molecular weight excluding hydrogens is 141 g/mol. The fourth-order valence-electron chi connectivity index (χ4n) is 0.404. The molecule has 0 saturated heterocycles. The molecule has 0 aliphatic heterocycles. The first kappa shape index (κ1) is 8.64. The highest BCUT2D eigenvalue weighted by Crippen LogP contribution is 2.43. The smallest absolute Gasteiger partial charge is 0.319 e. The van der Waals surface area contributed by atoms with Gasteiger partial charge in [0.2, 0.25) is 0 Å². The Kier molecular flexibility index (Phi) is 2.86. The average Bonchev–Trinajstić information content (AvgIpc) is 1.65. The normalized spacial score (nSPS) is 14.4. The van der Waals surface area contributed by atoms with Crippen LogP contribution in [0.1, 0.15) is 13.3 Å². The van der Waals surface area contributed by atoms with Gasteiger partial charge < -0.3 is 14.6 Å². The number of nitrogens with zero attached hydrogens (tertiary/aromatic N) is 1. The minimum atomic E-state index is -4.13. The van der Waals surface area contributed by atoms with E-state index in [0.717, 1.165) is 0 Å². The summed E-state index contributed by atoms with van der Waals surface area (Å²) >= 11 is 0. The summed E-state index contributed by atoms with van der Waals surface area (Å²) in [5.74, 6) is -1.14. The number of hydrogen-bond donors (Lipinski definition) is 2. The molecule has 0 aliphatic carbocycles. The van der Waals surface area contributed by atoms with Crippen molar-refractivity contribution in [3.8, 4) is 0 Å². The molecule has 0 aliphatic rings. The first-order valence-corrected chi connectivity index (χ1v) is 4.12. The van der Waals surface area contributed by atoms with E-state index in [1.54, 1.807) is 6.92 Å². The van der Waals surface area contributed by atoms with E-state index in [9.17, 15) is 4.57 Å². The van der Waals surface area contributed by atoms with E-state index >= 15 is 0 Å². The Hall–Kier alpha value is -0.360. The maximum Gasteiger partial charge on any atom is 0.407 e. The predicted molar refractivity (Wildman–Crippen MR) is 32.7 cm³/mol. The first-order valence-electron chi connectivity index (χ1n) is 2.44. The van der Waals surface area contributed by atoms with E-state index in [0.29, 0.717) is 0 Å². The zero-order valence-corrected chi connectivity index (χ0v) is 5.88. The van der Waals surface area contributed by atoms with E-state index in [2.05, 4.69) is 4.85 Å². The molecule has 0 aromatic rings. The van der Waals surface area contributed by atoms with Crippen LogP contribution >= 0.6 is 7.60 Å². The highest BCUT2D eigenvalue weighted by molar-refractivity contribution is 7.52. The molecule has 0 heterocycles. The summed E-state index contributed by atoms with van der Waals surface area (Å²) in [6, 6.07) is 0. The molecule has 2 N–H and O–H groups in total. The van der Waals surface area contributed by atoms with E-state index in [-0.39, 0.29) is 6.42 Å². The second-order valence-electron chi connectivity index (χ2n) is 1.61. The Morgan fingerprint density at radius 1 is 1.78 bits per heavy atom. The molecule has 1 atom stereocenters. The van der Waals surface area contributed by atoms with Gasteiger partial charge in [-0.2, -0.15) is 0 Å². The third-order valence-corrected chi connectivity index (χ3v) is 2.16. The van der Waals surface area contributed by atoms with Gasteiger partial charge in [-0.15, -0.1) is 0 Å². The van der Waals surface area contributed by atoms with Crippen molar-refractivity contribution in [2.24, 2.45) is 0 Å². The minimum absolute atomic E-state index is 0.202. The van der Waals surface area contributed by atoms with Crippen molar-refractivity contribution >= 4 is 7.60 Å². The van der Waals surface area contributed by atoms with Gasteiger partial charge in [0.25, 0.3) is 0 Å². The molecule has 52 valence electrons. The molecule has 0 aromatic heterocycles. The van der Waals surface area contributed by atoms with Crippen LogP contribution in [0.25, 0.3) is 4.85 Å². The molecule has 0 fully saturated rings. The van der Waals surface area contributed by atoms with Crippen molar-refractivity contribution in [3.63, 3.8) is 0 Å². The predicted octanol–water partition coefficient (Wildman–Crippen LogP) is 0.819. The summed E-state index contributed by atoms with van der Waals surface area (Å²) in [6.45, 7) is 7.92. The molecule has 0 bridgehead atoms. The summed E-state index contributed by atoms with van der Waals surface area (Å²) in [6.07, 6.45) is 0.202. The highest BCUT2D eigenvalue weighted by Gasteiger charge is 2.32. The lowest BCUT2D eigenvalue weighted by molar-refractivity contribution is 0.363. The van der Waals surface area contributed by atoms with Gasteiger partial charge >= 0.3 is 13.4 Å². The second-order valence-corrected chi connectivity index (χ2v) is 3.38. The molecule has 9 heavy (non-hydrogen) atoms. The Morgan fingerprint density at radius 3 is 2.22 bits per heavy atom. The van der Waals surface area contributed by atoms with Gasteiger partial charge in [0.1, 0.15) is 0 Å². The molecule has 0 aromatic carbocycles. The van der Waals surface area contributed by atoms with Crippen LogP contribution in [0.2, 0.25) is 0 Å². The summed E-state index contributed by atoms with van der Waals surface area (Å²) in [4.78, 5) is 19.5. The van der Waals surface area contributed by atoms with Crippen LogP contribution in [0.5, 0.6) is 0 Å². The van der Waals surface area contributed by atoms with E-state index < -0.39 is 13.4 Å². The van der Waals surface area contributed by atoms with Crippen molar-refractivity contribution < 1.29 is 14.4 Å². The zero-order chi connectivity index (χ0) is 7.49. The van der Waals surface area contributed by atoms with E-state index in [1.807, 2.05) is 0 Å². The van der Waals surface area contributed by atoms with E-state index in [1.165, 1.54) is 0 Å². The lowest BCUT2D eigenvalue weighted by atomic mass is 10.5. The third kappa shape index (κ3) is 2.62. The average molecular weight is 149 g/mol. The standard InChI is InChI=1S/C4H8NO3P/c1-3-4(5-2)9(6,7)8/h4H,3H2,1H3,(H2,6,7,8). The summed E-state index contributed by atoms with van der Waals surface area (Å²) in [5, 5.41) is 0. The molecule has 0 spiro atoms. The Balaban J connectivity index is 4.18. The van der Waals surface area contributed by atoms with Crippen LogP contribution in [-0.4, -0.2) is 15.6 Å². The lowest BCUT2D eigenvalue weighted by Crippen LogP contribution is -1.99. The fraction of sp³-hybridized carbons (Fsp3) is 0.750. The van der Waals surface area contributed by atoms with Gasteiger partial charge in [-0.25, -0.2) is 6.57 Å². The number of rotatable bonds is 2. The van der Waals surface area contributed by atoms with Crippen LogP contribution in [-0.2, 0) is 4.57 Å².